The summed E-state index contributed by atoms with van der Waals surface area (Å²) >= 11 is 3.48. The van der Waals surface area contributed by atoms with Crippen molar-refractivity contribution in [2.24, 2.45) is 5.10 Å². The number of hydrogen-bond acceptors (Lipinski definition) is 9. The van der Waals surface area contributed by atoms with Crippen LogP contribution in [0.5, 0.6) is 17.4 Å². The Kier molecular flexibility index (Phi) is 7.73. The van der Waals surface area contributed by atoms with Crippen molar-refractivity contribution in [3.8, 4) is 29.0 Å². The number of fused-ring (bicyclic) bond motifs is 2. The first kappa shape index (κ1) is 28.5. The maximum Gasteiger partial charge on any atom is 0.287 e. The van der Waals surface area contributed by atoms with E-state index in [9.17, 15) is 14.9 Å². The van der Waals surface area contributed by atoms with Crippen LogP contribution in [0.1, 0.15) is 11.1 Å². The van der Waals surface area contributed by atoms with Crippen molar-refractivity contribution in [3.05, 3.63) is 128 Å². The molecule has 0 unspecified atom stereocenters. The van der Waals surface area contributed by atoms with Gasteiger partial charge in [-0.1, -0.05) is 34.1 Å². The fourth-order valence-corrected chi connectivity index (χ4v) is 5.00. The lowest BCUT2D eigenvalue weighted by Gasteiger charge is -2.15. The van der Waals surface area contributed by atoms with Gasteiger partial charge in [-0.25, -0.2) is 9.97 Å². The molecule has 0 aliphatic rings. The molecule has 6 aromatic rings. The van der Waals surface area contributed by atoms with Gasteiger partial charge in [0.05, 0.1) is 29.2 Å². The van der Waals surface area contributed by atoms with Crippen molar-refractivity contribution < 1.29 is 18.8 Å². The summed E-state index contributed by atoms with van der Waals surface area (Å²) in [6.07, 6.45) is 4.73. The number of ether oxygens (including phenoxy) is 2. The smallest absolute Gasteiger partial charge is 0.287 e. The van der Waals surface area contributed by atoms with Gasteiger partial charge in [0.15, 0.2) is 17.3 Å². The molecule has 44 heavy (non-hydrogen) atoms. The van der Waals surface area contributed by atoms with E-state index in [2.05, 4.69) is 32.6 Å². The van der Waals surface area contributed by atoms with E-state index in [1.807, 2.05) is 36.4 Å². The van der Waals surface area contributed by atoms with Gasteiger partial charge in [-0.2, -0.15) is 9.78 Å². The molecular formula is C32H22BrN5O6. The van der Waals surface area contributed by atoms with Crippen LogP contribution in [-0.4, -0.2) is 32.9 Å². The second-order valence-corrected chi connectivity index (χ2v) is 10.4. The third-order valence-corrected chi connectivity index (χ3v) is 7.14. The minimum absolute atomic E-state index is 0.150. The van der Waals surface area contributed by atoms with Gasteiger partial charge < -0.3 is 13.9 Å². The van der Waals surface area contributed by atoms with Gasteiger partial charge in [-0.15, -0.1) is 6.58 Å². The van der Waals surface area contributed by atoms with E-state index < -0.39 is 4.92 Å². The van der Waals surface area contributed by atoms with Crippen molar-refractivity contribution in [2.45, 2.75) is 6.42 Å². The van der Waals surface area contributed by atoms with Crippen LogP contribution in [0.3, 0.4) is 0 Å². The Balaban J connectivity index is 1.44. The van der Waals surface area contributed by atoms with Crippen LogP contribution in [0.25, 0.3) is 33.5 Å². The summed E-state index contributed by atoms with van der Waals surface area (Å²) in [4.78, 5) is 32.9. The maximum atomic E-state index is 13.7. The second-order valence-electron chi connectivity index (χ2n) is 9.52. The van der Waals surface area contributed by atoms with Crippen molar-refractivity contribution in [3.63, 3.8) is 0 Å². The zero-order chi connectivity index (χ0) is 30.8. The number of nitro groups is 1. The summed E-state index contributed by atoms with van der Waals surface area (Å²) in [7, 11) is 1.49. The van der Waals surface area contributed by atoms with E-state index >= 15 is 0 Å². The van der Waals surface area contributed by atoms with Gasteiger partial charge in [-0.05, 0) is 60.5 Å². The number of benzene rings is 3. The van der Waals surface area contributed by atoms with Crippen molar-refractivity contribution >= 4 is 49.7 Å². The van der Waals surface area contributed by atoms with E-state index in [0.717, 1.165) is 16.1 Å². The molecule has 0 saturated heterocycles. The lowest BCUT2D eigenvalue weighted by molar-refractivity contribution is -0.385. The highest BCUT2D eigenvalue weighted by Crippen LogP contribution is 2.36. The molecule has 0 N–H and O–H groups in total. The highest BCUT2D eigenvalue weighted by molar-refractivity contribution is 9.10. The Bertz CT molecular complexity index is 2150. The van der Waals surface area contributed by atoms with Crippen LogP contribution in [0.15, 0.2) is 110 Å². The molecule has 0 bridgehead atoms. The number of halogens is 1. The number of hydrogen-bond donors (Lipinski definition) is 0. The van der Waals surface area contributed by atoms with E-state index in [1.54, 1.807) is 30.3 Å². The molecule has 3 aromatic carbocycles. The van der Waals surface area contributed by atoms with Crippen molar-refractivity contribution in [2.75, 3.05) is 7.11 Å². The van der Waals surface area contributed by atoms with Crippen LogP contribution >= 0.6 is 15.9 Å². The SMILES string of the molecule is C=CCc1cc(C=Nn2c(-c3cc4cc(Br)ccc4o3)nc3ccccc3c2=O)cc(OC)c1Oc1ccc([N+](=O)[O-])cn1. The van der Waals surface area contributed by atoms with Crippen LogP contribution in [0.2, 0.25) is 0 Å². The molecule has 11 nitrogen and oxygen atoms in total. The van der Waals surface area contributed by atoms with Gasteiger partial charge in [0, 0.05) is 27.6 Å². The monoisotopic (exact) mass is 651 g/mol. The largest absolute Gasteiger partial charge is 0.493 e. The normalized spacial score (nSPS) is 11.3. The number of pyridine rings is 1. The Hall–Kier alpha value is -5.62. The Morgan fingerprint density at radius 3 is 2.73 bits per heavy atom. The minimum Gasteiger partial charge on any atom is -0.493 e. The zero-order valence-electron chi connectivity index (χ0n) is 23.1. The standard InChI is InChI=1S/C32H22BrN5O6/c1-3-6-20-13-19(14-27(42-2)30(20)44-29-12-10-23(18-34-29)38(40)41)17-35-37-31(36-25-8-5-4-7-24(25)32(37)39)28-16-21-15-22(33)9-11-26(21)43-28/h3-5,7-18H,1,6H2,2H3. The third kappa shape index (κ3) is 5.57. The average molecular weight is 652 g/mol. The van der Waals surface area contributed by atoms with E-state index in [1.165, 1.54) is 30.1 Å². The van der Waals surface area contributed by atoms with Gasteiger partial charge in [0.1, 0.15) is 11.8 Å². The number of furan rings is 1. The molecule has 0 fully saturated rings. The highest BCUT2D eigenvalue weighted by atomic mass is 79.9. The lowest BCUT2D eigenvalue weighted by Crippen LogP contribution is -2.20. The lowest BCUT2D eigenvalue weighted by atomic mass is 10.1. The molecule has 3 aromatic heterocycles. The van der Waals surface area contributed by atoms with Gasteiger partial charge in [0.2, 0.25) is 11.7 Å². The zero-order valence-corrected chi connectivity index (χ0v) is 24.7. The first-order chi connectivity index (χ1) is 21.3. The molecule has 0 amide bonds. The minimum atomic E-state index is -0.538. The Labute approximate surface area is 258 Å². The van der Waals surface area contributed by atoms with Crippen molar-refractivity contribution in [1.29, 1.82) is 0 Å². The fourth-order valence-electron chi connectivity index (χ4n) is 4.62. The van der Waals surface area contributed by atoms with E-state index in [4.69, 9.17) is 18.9 Å². The molecular weight excluding hydrogens is 630 g/mol. The summed E-state index contributed by atoms with van der Waals surface area (Å²) in [5, 5.41) is 16.8. The molecule has 0 atom stereocenters. The number of rotatable bonds is 9. The second kappa shape index (κ2) is 11.9. The number of allylic oxidation sites excluding steroid dienone is 1. The molecule has 6 rings (SSSR count). The molecule has 12 heteroatoms. The Morgan fingerprint density at radius 2 is 1.98 bits per heavy atom. The molecule has 0 saturated carbocycles. The summed E-state index contributed by atoms with van der Waals surface area (Å²) in [5.74, 6) is 1.49. The average Bonchev–Trinajstić information content (AvgIpc) is 3.45. The molecule has 0 radical (unpaired) electrons. The van der Waals surface area contributed by atoms with Gasteiger partial charge in [-0.3, -0.25) is 14.9 Å². The van der Waals surface area contributed by atoms with E-state index in [0.29, 0.717) is 51.3 Å². The summed E-state index contributed by atoms with van der Waals surface area (Å²) in [5.41, 5.74) is 1.91. The highest BCUT2D eigenvalue weighted by Gasteiger charge is 2.18. The predicted molar refractivity (Wildman–Crippen MR) is 170 cm³/mol. The summed E-state index contributed by atoms with van der Waals surface area (Å²) in [6.45, 7) is 3.84. The van der Waals surface area contributed by atoms with Gasteiger partial charge >= 0.3 is 0 Å². The van der Waals surface area contributed by atoms with Crippen LogP contribution < -0.4 is 15.0 Å². The third-order valence-electron chi connectivity index (χ3n) is 6.65. The topological polar surface area (TPSA) is 135 Å². The number of nitrogens with zero attached hydrogens (tertiary/aromatic N) is 5. The number of aromatic nitrogens is 3. The molecule has 0 aliphatic carbocycles. The Morgan fingerprint density at radius 1 is 1.14 bits per heavy atom. The molecule has 0 aliphatic heterocycles. The maximum absolute atomic E-state index is 13.7. The predicted octanol–water partition coefficient (Wildman–Crippen LogP) is 7.29. The molecule has 218 valence electrons. The quantitative estimate of drug-likeness (QED) is 0.0688. The molecule has 0 spiro atoms. The molecule has 3 heterocycles. The number of para-hydroxylation sites is 1. The summed E-state index contributed by atoms with van der Waals surface area (Å²) in [6, 6.07) is 20.7. The van der Waals surface area contributed by atoms with Crippen molar-refractivity contribution in [1.82, 2.24) is 14.6 Å². The first-order valence-corrected chi connectivity index (χ1v) is 14.0. The first-order valence-electron chi connectivity index (χ1n) is 13.2. The summed E-state index contributed by atoms with van der Waals surface area (Å²) < 4.78 is 19.8. The van der Waals surface area contributed by atoms with Crippen LogP contribution in [-0.2, 0) is 6.42 Å². The number of methoxy groups -OCH3 is 1. The van der Waals surface area contributed by atoms with Gasteiger partial charge in [0.25, 0.3) is 11.2 Å². The van der Waals surface area contributed by atoms with Crippen LogP contribution in [0.4, 0.5) is 5.69 Å². The fraction of sp³-hybridized carbons (Fsp3) is 0.0625. The van der Waals surface area contributed by atoms with E-state index in [-0.39, 0.29) is 23.0 Å². The van der Waals surface area contributed by atoms with Crippen LogP contribution in [0, 0.1) is 10.1 Å².